The number of hydrogen-bond acceptors (Lipinski definition) is 2. The molecule has 0 saturated carbocycles. The quantitative estimate of drug-likeness (QED) is 0.600. The molecule has 0 fully saturated rings. The molecule has 0 radical (unpaired) electrons. The molecule has 1 atom stereocenters. The summed E-state index contributed by atoms with van der Waals surface area (Å²) in [6, 6.07) is 15.1. The lowest BCUT2D eigenvalue weighted by molar-refractivity contribution is -0.141. The molecule has 2 aromatic carbocycles. The number of halogens is 1. The van der Waals surface area contributed by atoms with E-state index in [0.717, 1.165) is 23.1 Å². The van der Waals surface area contributed by atoms with Gasteiger partial charge in [-0.2, -0.15) is 0 Å². The first-order chi connectivity index (χ1) is 14.0. The monoisotopic (exact) mass is 414 g/mol. The summed E-state index contributed by atoms with van der Waals surface area (Å²) in [7, 11) is 0. The van der Waals surface area contributed by atoms with Crippen LogP contribution in [0.1, 0.15) is 49.8 Å². The number of nitrogens with one attached hydrogen (secondary N) is 1. The molecule has 2 amide bonds. The van der Waals surface area contributed by atoms with Crippen molar-refractivity contribution in [3.63, 3.8) is 0 Å². The average Bonchev–Trinajstić information content (AvgIpc) is 2.72. The maximum Gasteiger partial charge on any atom is 0.242 e. The summed E-state index contributed by atoms with van der Waals surface area (Å²) < 4.78 is 0. The number of aryl methyl sites for hydroxylation is 2. The number of carbonyl (C=O) groups excluding carboxylic acids is 2. The molecule has 29 heavy (non-hydrogen) atoms. The fraction of sp³-hybridized carbons (Fsp3) is 0.417. The van der Waals surface area contributed by atoms with Gasteiger partial charge in [0.25, 0.3) is 0 Å². The Hall–Kier alpha value is -2.33. The van der Waals surface area contributed by atoms with Crippen LogP contribution in [0.4, 0.5) is 0 Å². The van der Waals surface area contributed by atoms with E-state index in [4.69, 9.17) is 11.6 Å². The number of rotatable bonds is 10. The van der Waals surface area contributed by atoms with Crippen LogP contribution in [0.2, 0.25) is 5.02 Å². The van der Waals surface area contributed by atoms with Crippen LogP contribution in [0, 0.1) is 6.92 Å². The lowest BCUT2D eigenvalue weighted by Gasteiger charge is -2.31. The number of amides is 2. The minimum absolute atomic E-state index is 0.0355. The molecule has 1 N–H and O–H groups in total. The summed E-state index contributed by atoms with van der Waals surface area (Å²) in [5, 5.41) is 3.61. The van der Waals surface area contributed by atoms with Crippen LogP contribution in [0.15, 0.2) is 48.5 Å². The van der Waals surface area contributed by atoms with Crippen LogP contribution >= 0.6 is 11.6 Å². The molecule has 0 heterocycles. The first-order valence-corrected chi connectivity index (χ1v) is 10.7. The Morgan fingerprint density at radius 3 is 2.31 bits per heavy atom. The molecule has 1 unspecified atom stereocenters. The number of carbonyl (C=O) groups is 2. The van der Waals surface area contributed by atoms with E-state index in [-0.39, 0.29) is 11.8 Å². The van der Waals surface area contributed by atoms with Gasteiger partial charge < -0.3 is 10.2 Å². The van der Waals surface area contributed by atoms with Crippen molar-refractivity contribution >= 4 is 23.4 Å². The average molecular weight is 415 g/mol. The standard InChI is InChI=1S/C24H31ClN2O2/c1-4-16-26-24(29)22(5-2)27(17-20-12-7-6-10-18(20)3)23(28)15-14-19-11-8-9-13-21(19)25/h6-13,22H,4-5,14-17H2,1-3H3,(H,26,29). The van der Waals surface area contributed by atoms with E-state index >= 15 is 0 Å². The molecular weight excluding hydrogens is 384 g/mol. The maximum atomic E-state index is 13.2. The Morgan fingerprint density at radius 1 is 1.03 bits per heavy atom. The van der Waals surface area contributed by atoms with Crippen LogP contribution in [-0.4, -0.2) is 29.3 Å². The second-order valence-electron chi connectivity index (χ2n) is 7.25. The first kappa shape index (κ1) is 23.0. The second-order valence-corrected chi connectivity index (χ2v) is 7.66. The highest BCUT2D eigenvalue weighted by Gasteiger charge is 2.28. The fourth-order valence-corrected chi connectivity index (χ4v) is 3.57. The smallest absolute Gasteiger partial charge is 0.242 e. The number of benzene rings is 2. The van der Waals surface area contributed by atoms with Crippen LogP contribution in [0.3, 0.4) is 0 Å². The Kier molecular flexibility index (Phi) is 9.20. The lowest BCUT2D eigenvalue weighted by Crippen LogP contribution is -2.49. The summed E-state index contributed by atoms with van der Waals surface area (Å²) >= 11 is 6.25. The highest BCUT2D eigenvalue weighted by Crippen LogP contribution is 2.20. The third kappa shape index (κ3) is 6.60. The predicted octanol–water partition coefficient (Wildman–Crippen LogP) is 4.91. The van der Waals surface area contributed by atoms with Crippen molar-refractivity contribution < 1.29 is 9.59 Å². The van der Waals surface area contributed by atoms with Crippen molar-refractivity contribution in [2.45, 2.75) is 59.0 Å². The Labute approximate surface area is 179 Å². The van der Waals surface area contributed by atoms with Gasteiger partial charge in [0.15, 0.2) is 0 Å². The van der Waals surface area contributed by atoms with Gasteiger partial charge in [-0.3, -0.25) is 9.59 Å². The van der Waals surface area contributed by atoms with E-state index in [1.165, 1.54) is 0 Å². The maximum absolute atomic E-state index is 13.2. The summed E-state index contributed by atoms with van der Waals surface area (Å²) in [6.45, 7) is 7.02. The van der Waals surface area contributed by atoms with Crippen LogP contribution < -0.4 is 5.32 Å². The van der Waals surface area contributed by atoms with Gasteiger partial charge in [-0.1, -0.05) is 67.9 Å². The van der Waals surface area contributed by atoms with Gasteiger partial charge in [0.1, 0.15) is 6.04 Å². The zero-order valence-electron chi connectivity index (χ0n) is 17.6. The molecular formula is C24H31ClN2O2. The third-order valence-corrected chi connectivity index (χ3v) is 5.47. The number of hydrogen-bond donors (Lipinski definition) is 1. The molecule has 4 nitrogen and oxygen atoms in total. The van der Waals surface area contributed by atoms with Gasteiger partial charge in [0.05, 0.1) is 0 Å². The number of nitrogens with zero attached hydrogens (tertiary/aromatic N) is 1. The highest BCUT2D eigenvalue weighted by molar-refractivity contribution is 6.31. The highest BCUT2D eigenvalue weighted by atomic mass is 35.5. The molecule has 0 aromatic heterocycles. The first-order valence-electron chi connectivity index (χ1n) is 10.3. The largest absolute Gasteiger partial charge is 0.354 e. The van der Waals surface area contributed by atoms with Crippen molar-refractivity contribution in [1.82, 2.24) is 10.2 Å². The van der Waals surface area contributed by atoms with E-state index in [1.54, 1.807) is 4.90 Å². The Bertz CT molecular complexity index is 822. The van der Waals surface area contributed by atoms with E-state index in [0.29, 0.717) is 37.4 Å². The van der Waals surface area contributed by atoms with Crippen molar-refractivity contribution in [2.75, 3.05) is 6.54 Å². The zero-order valence-corrected chi connectivity index (χ0v) is 18.3. The SMILES string of the molecule is CCCNC(=O)C(CC)N(Cc1ccccc1C)C(=O)CCc1ccccc1Cl. The molecule has 0 aliphatic carbocycles. The topological polar surface area (TPSA) is 49.4 Å². The van der Waals surface area contributed by atoms with Gasteiger partial charge in [-0.05, 0) is 48.9 Å². The minimum Gasteiger partial charge on any atom is -0.354 e. The molecule has 0 saturated heterocycles. The van der Waals surface area contributed by atoms with Crippen molar-refractivity contribution in [2.24, 2.45) is 0 Å². The Morgan fingerprint density at radius 2 is 1.69 bits per heavy atom. The van der Waals surface area contributed by atoms with Gasteiger partial charge in [0.2, 0.25) is 11.8 Å². The fourth-order valence-electron chi connectivity index (χ4n) is 3.34. The summed E-state index contributed by atoms with van der Waals surface area (Å²) in [6.07, 6.45) is 2.29. The predicted molar refractivity (Wildman–Crippen MR) is 119 cm³/mol. The van der Waals surface area contributed by atoms with E-state index in [2.05, 4.69) is 5.32 Å². The van der Waals surface area contributed by atoms with Crippen molar-refractivity contribution in [1.29, 1.82) is 0 Å². The Balaban J connectivity index is 2.22. The molecule has 156 valence electrons. The molecule has 0 spiro atoms. The van der Waals surface area contributed by atoms with Gasteiger partial charge in [-0.25, -0.2) is 0 Å². The summed E-state index contributed by atoms with van der Waals surface area (Å²) in [4.78, 5) is 27.7. The van der Waals surface area contributed by atoms with Gasteiger partial charge >= 0.3 is 0 Å². The van der Waals surface area contributed by atoms with Crippen molar-refractivity contribution in [3.05, 3.63) is 70.2 Å². The van der Waals surface area contributed by atoms with E-state index in [1.807, 2.05) is 69.3 Å². The molecule has 2 aromatic rings. The minimum atomic E-state index is -0.486. The van der Waals surface area contributed by atoms with Crippen molar-refractivity contribution in [3.8, 4) is 0 Å². The van der Waals surface area contributed by atoms with Crippen LogP contribution in [0.5, 0.6) is 0 Å². The van der Waals surface area contributed by atoms with Crippen LogP contribution in [0.25, 0.3) is 0 Å². The molecule has 2 rings (SSSR count). The summed E-state index contributed by atoms with van der Waals surface area (Å²) in [5.41, 5.74) is 3.11. The molecule has 5 heteroatoms. The lowest BCUT2D eigenvalue weighted by atomic mass is 10.0. The summed E-state index contributed by atoms with van der Waals surface area (Å²) in [5.74, 6) is -0.124. The van der Waals surface area contributed by atoms with E-state index in [9.17, 15) is 9.59 Å². The third-order valence-electron chi connectivity index (χ3n) is 5.10. The molecule has 0 aliphatic heterocycles. The van der Waals surface area contributed by atoms with E-state index < -0.39 is 6.04 Å². The van der Waals surface area contributed by atoms with Crippen LogP contribution in [-0.2, 0) is 22.6 Å². The molecule has 0 aliphatic rings. The second kappa shape index (κ2) is 11.6. The molecule has 0 bridgehead atoms. The zero-order chi connectivity index (χ0) is 21.2. The normalized spacial score (nSPS) is 11.7. The van der Waals surface area contributed by atoms with Gasteiger partial charge in [-0.15, -0.1) is 0 Å². The van der Waals surface area contributed by atoms with Gasteiger partial charge in [0, 0.05) is 24.5 Å².